The van der Waals surface area contributed by atoms with Gasteiger partial charge in [-0.05, 0) is 19.4 Å². The third kappa shape index (κ3) is 5.96. The molecule has 0 saturated heterocycles. The Morgan fingerprint density at radius 3 is 2.75 bits per heavy atom. The molecule has 0 aliphatic heterocycles. The van der Waals surface area contributed by atoms with Crippen LogP contribution >= 0.6 is 0 Å². The van der Waals surface area contributed by atoms with Crippen LogP contribution in [-0.2, 0) is 6.54 Å². The lowest BCUT2D eigenvalue weighted by molar-refractivity contribution is 0.477. The van der Waals surface area contributed by atoms with Crippen molar-refractivity contribution in [3.63, 3.8) is 0 Å². The minimum absolute atomic E-state index is 0.608. The van der Waals surface area contributed by atoms with E-state index in [1.165, 1.54) is 44.1 Å². The van der Waals surface area contributed by atoms with Crippen LogP contribution in [0.1, 0.15) is 57.9 Å². The molecule has 1 heterocycles. The normalized spacial score (nSPS) is 12.9. The number of furan rings is 1. The molecule has 0 aromatic carbocycles. The number of rotatable bonds is 9. The summed E-state index contributed by atoms with van der Waals surface area (Å²) in [6.45, 7) is 5.45. The Hall–Kier alpha value is -0.760. The summed E-state index contributed by atoms with van der Waals surface area (Å²) in [6.07, 6.45) is 11.6. The lowest BCUT2D eigenvalue weighted by atomic mass is 10.1. The molecule has 0 fully saturated rings. The van der Waals surface area contributed by atoms with E-state index in [0.717, 1.165) is 6.54 Å². The topological polar surface area (TPSA) is 25.2 Å². The highest BCUT2D eigenvalue weighted by molar-refractivity contribution is 5.04. The van der Waals surface area contributed by atoms with Gasteiger partial charge < -0.3 is 9.73 Å². The second-order valence-electron chi connectivity index (χ2n) is 4.62. The van der Waals surface area contributed by atoms with Gasteiger partial charge in [-0.1, -0.05) is 39.0 Å². The van der Waals surface area contributed by atoms with Crippen LogP contribution in [-0.4, -0.2) is 6.04 Å². The van der Waals surface area contributed by atoms with Crippen LogP contribution in [0.4, 0.5) is 0 Å². The molecule has 1 N–H and O–H groups in total. The van der Waals surface area contributed by atoms with Crippen LogP contribution in [0.3, 0.4) is 0 Å². The van der Waals surface area contributed by atoms with E-state index in [0.29, 0.717) is 6.04 Å². The van der Waals surface area contributed by atoms with Crippen molar-refractivity contribution in [1.29, 1.82) is 0 Å². The molecule has 2 nitrogen and oxygen atoms in total. The van der Waals surface area contributed by atoms with Crippen molar-refractivity contribution in [2.75, 3.05) is 0 Å². The van der Waals surface area contributed by atoms with E-state index in [2.05, 4.69) is 19.2 Å². The molecule has 1 aromatic rings. The zero-order valence-corrected chi connectivity index (χ0v) is 10.7. The van der Waals surface area contributed by atoms with E-state index in [1.807, 2.05) is 6.07 Å². The fourth-order valence-electron chi connectivity index (χ4n) is 1.84. The first-order chi connectivity index (χ1) is 7.83. The smallest absolute Gasteiger partial charge is 0.0947 e. The molecule has 16 heavy (non-hydrogen) atoms. The maximum absolute atomic E-state index is 5.03. The van der Waals surface area contributed by atoms with Crippen molar-refractivity contribution in [2.24, 2.45) is 0 Å². The van der Waals surface area contributed by atoms with Crippen LogP contribution in [0.15, 0.2) is 23.0 Å². The van der Waals surface area contributed by atoms with Crippen molar-refractivity contribution in [3.05, 3.63) is 24.2 Å². The Balaban J connectivity index is 1.96. The fraction of sp³-hybridized carbons (Fsp3) is 0.714. The lowest BCUT2D eigenvalue weighted by Crippen LogP contribution is -2.25. The van der Waals surface area contributed by atoms with Crippen molar-refractivity contribution < 1.29 is 4.42 Å². The first kappa shape index (κ1) is 13.3. The largest absolute Gasteiger partial charge is 0.472 e. The van der Waals surface area contributed by atoms with Gasteiger partial charge in [-0.15, -0.1) is 0 Å². The zero-order valence-electron chi connectivity index (χ0n) is 10.7. The van der Waals surface area contributed by atoms with Crippen molar-refractivity contribution in [1.82, 2.24) is 5.32 Å². The molecule has 0 radical (unpaired) electrons. The molecule has 0 bridgehead atoms. The number of nitrogens with one attached hydrogen (secondary N) is 1. The first-order valence-corrected chi connectivity index (χ1v) is 6.57. The second kappa shape index (κ2) is 8.40. The number of unbranched alkanes of at least 4 members (excludes halogenated alkanes) is 4. The Kier molecular flexibility index (Phi) is 6.98. The van der Waals surface area contributed by atoms with Crippen molar-refractivity contribution in [3.8, 4) is 0 Å². The van der Waals surface area contributed by atoms with Crippen LogP contribution in [0.5, 0.6) is 0 Å². The molecule has 1 rings (SSSR count). The summed E-state index contributed by atoms with van der Waals surface area (Å²) in [6, 6.07) is 2.62. The Morgan fingerprint density at radius 1 is 1.25 bits per heavy atom. The van der Waals surface area contributed by atoms with Crippen LogP contribution in [0, 0.1) is 0 Å². The Morgan fingerprint density at radius 2 is 2.06 bits per heavy atom. The summed E-state index contributed by atoms with van der Waals surface area (Å²) in [5.74, 6) is 0. The van der Waals surface area contributed by atoms with E-state index in [4.69, 9.17) is 4.42 Å². The van der Waals surface area contributed by atoms with Gasteiger partial charge in [0, 0.05) is 18.2 Å². The quantitative estimate of drug-likeness (QED) is 0.637. The van der Waals surface area contributed by atoms with Gasteiger partial charge in [0.15, 0.2) is 0 Å². The highest BCUT2D eigenvalue weighted by Crippen LogP contribution is 2.08. The minimum Gasteiger partial charge on any atom is -0.472 e. The number of hydrogen-bond donors (Lipinski definition) is 1. The molecule has 0 amide bonds. The van der Waals surface area contributed by atoms with Gasteiger partial charge in [0.1, 0.15) is 0 Å². The lowest BCUT2D eigenvalue weighted by Gasteiger charge is -2.12. The highest BCUT2D eigenvalue weighted by atomic mass is 16.3. The second-order valence-corrected chi connectivity index (χ2v) is 4.62. The Bertz CT molecular complexity index is 243. The van der Waals surface area contributed by atoms with E-state index in [9.17, 15) is 0 Å². The molecule has 0 aliphatic carbocycles. The molecule has 1 atom stereocenters. The monoisotopic (exact) mass is 223 g/mol. The van der Waals surface area contributed by atoms with Crippen molar-refractivity contribution >= 4 is 0 Å². The molecule has 2 heteroatoms. The molecule has 0 spiro atoms. The summed E-state index contributed by atoms with van der Waals surface area (Å²) in [7, 11) is 0. The molecular weight excluding hydrogens is 198 g/mol. The minimum atomic E-state index is 0.608. The molecule has 0 saturated carbocycles. The third-order valence-electron chi connectivity index (χ3n) is 2.98. The first-order valence-electron chi connectivity index (χ1n) is 6.57. The van der Waals surface area contributed by atoms with E-state index in [-0.39, 0.29) is 0 Å². The van der Waals surface area contributed by atoms with Gasteiger partial charge in [0.25, 0.3) is 0 Å². The summed E-state index contributed by atoms with van der Waals surface area (Å²) in [5.41, 5.74) is 1.23. The molecule has 1 unspecified atom stereocenters. The van der Waals surface area contributed by atoms with Gasteiger partial charge in [0.2, 0.25) is 0 Å². The van der Waals surface area contributed by atoms with Gasteiger partial charge in [-0.2, -0.15) is 0 Å². The SMILES string of the molecule is CCCCCCCC(C)NCc1ccoc1. The van der Waals surface area contributed by atoms with Gasteiger partial charge in [-0.25, -0.2) is 0 Å². The standard InChI is InChI=1S/C14H25NO/c1-3-4-5-6-7-8-13(2)15-11-14-9-10-16-12-14/h9-10,12-13,15H,3-8,11H2,1-2H3. The van der Waals surface area contributed by atoms with Crippen LogP contribution in [0.25, 0.3) is 0 Å². The fourth-order valence-corrected chi connectivity index (χ4v) is 1.84. The van der Waals surface area contributed by atoms with Crippen molar-refractivity contribution in [2.45, 2.75) is 65.0 Å². The maximum atomic E-state index is 5.03. The molecule has 1 aromatic heterocycles. The summed E-state index contributed by atoms with van der Waals surface area (Å²) < 4.78 is 5.03. The molecule has 92 valence electrons. The average Bonchev–Trinajstić information content (AvgIpc) is 2.79. The molecular formula is C14H25NO. The average molecular weight is 223 g/mol. The van der Waals surface area contributed by atoms with Gasteiger partial charge in [-0.3, -0.25) is 0 Å². The van der Waals surface area contributed by atoms with E-state index in [1.54, 1.807) is 12.5 Å². The third-order valence-corrected chi connectivity index (χ3v) is 2.98. The Labute approximate surface area is 99.4 Å². The van der Waals surface area contributed by atoms with Gasteiger partial charge in [0.05, 0.1) is 12.5 Å². The predicted octanol–water partition coefficient (Wildman–Crippen LogP) is 4.12. The van der Waals surface area contributed by atoms with E-state index < -0.39 is 0 Å². The van der Waals surface area contributed by atoms with Crippen LogP contribution < -0.4 is 5.32 Å². The molecule has 0 aliphatic rings. The number of hydrogen-bond acceptors (Lipinski definition) is 2. The predicted molar refractivity (Wildman–Crippen MR) is 68.4 cm³/mol. The van der Waals surface area contributed by atoms with E-state index >= 15 is 0 Å². The van der Waals surface area contributed by atoms with Crippen LogP contribution in [0.2, 0.25) is 0 Å². The van der Waals surface area contributed by atoms with Gasteiger partial charge >= 0.3 is 0 Å². The zero-order chi connectivity index (χ0) is 11.6. The summed E-state index contributed by atoms with van der Waals surface area (Å²) in [4.78, 5) is 0. The summed E-state index contributed by atoms with van der Waals surface area (Å²) >= 11 is 0. The maximum Gasteiger partial charge on any atom is 0.0947 e. The summed E-state index contributed by atoms with van der Waals surface area (Å²) in [5, 5.41) is 3.52. The highest BCUT2D eigenvalue weighted by Gasteiger charge is 2.01.